The average Bonchev–Trinajstić information content (AvgIpc) is 2.38. The van der Waals surface area contributed by atoms with Crippen molar-refractivity contribution in [2.75, 3.05) is 5.32 Å². The van der Waals surface area contributed by atoms with Gasteiger partial charge in [-0.25, -0.2) is 9.37 Å². The molecule has 0 saturated carbocycles. The second-order valence-corrected chi connectivity index (χ2v) is 4.09. The number of hydrogen-bond donors (Lipinski definition) is 1. The Morgan fingerprint density at radius 1 is 1.26 bits per heavy atom. The van der Waals surface area contributed by atoms with Crippen LogP contribution in [0, 0.1) is 12.7 Å². The minimum absolute atomic E-state index is 0.276. The summed E-state index contributed by atoms with van der Waals surface area (Å²) in [5.74, 6) is -0.0678. The van der Waals surface area contributed by atoms with Crippen molar-refractivity contribution < 1.29 is 9.18 Å². The standard InChI is InChI=1S/C15H13FN2O/c1-11-8-9-17-14(10-11)18-15(19)7-4-12-2-5-13(16)6-3-12/h2-10H,1H3,(H,17,18,19)/b7-4+. The van der Waals surface area contributed by atoms with Gasteiger partial charge in [0.15, 0.2) is 0 Å². The van der Waals surface area contributed by atoms with Crippen molar-refractivity contribution in [3.63, 3.8) is 0 Å². The smallest absolute Gasteiger partial charge is 0.249 e. The van der Waals surface area contributed by atoms with Crippen LogP contribution in [0.1, 0.15) is 11.1 Å². The summed E-state index contributed by atoms with van der Waals surface area (Å²) < 4.78 is 12.7. The Morgan fingerprint density at radius 2 is 2.00 bits per heavy atom. The molecule has 0 unspecified atom stereocenters. The molecule has 4 heteroatoms. The van der Waals surface area contributed by atoms with Crippen molar-refractivity contribution in [1.82, 2.24) is 4.98 Å². The topological polar surface area (TPSA) is 42.0 Å². The van der Waals surface area contributed by atoms with Crippen LogP contribution in [0.25, 0.3) is 6.08 Å². The first kappa shape index (κ1) is 13.0. The Hall–Kier alpha value is -2.49. The highest BCUT2D eigenvalue weighted by molar-refractivity contribution is 6.01. The highest BCUT2D eigenvalue weighted by atomic mass is 19.1. The maximum Gasteiger partial charge on any atom is 0.249 e. The summed E-state index contributed by atoms with van der Waals surface area (Å²) in [5, 5.41) is 2.65. The van der Waals surface area contributed by atoms with E-state index in [1.807, 2.05) is 13.0 Å². The number of aryl methyl sites for hydroxylation is 1. The summed E-state index contributed by atoms with van der Waals surface area (Å²) >= 11 is 0. The van der Waals surface area contributed by atoms with Gasteiger partial charge < -0.3 is 5.32 Å². The molecule has 0 radical (unpaired) electrons. The first-order chi connectivity index (χ1) is 9.13. The quantitative estimate of drug-likeness (QED) is 0.857. The molecule has 2 rings (SSSR count). The van der Waals surface area contributed by atoms with Crippen LogP contribution in [0.5, 0.6) is 0 Å². The highest BCUT2D eigenvalue weighted by Gasteiger charge is 1.99. The van der Waals surface area contributed by atoms with Gasteiger partial charge >= 0.3 is 0 Å². The molecule has 0 aliphatic heterocycles. The maximum absolute atomic E-state index is 12.7. The van der Waals surface area contributed by atoms with Gasteiger partial charge in [0.2, 0.25) is 5.91 Å². The molecule has 1 amide bonds. The fraction of sp³-hybridized carbons (Fsp3) is 0.0667. The van der Waals surface area contributed by atoms with E-state index in [2.05, 4.69) is 10.3 Å². The van der Waals surface area contributed by atoms with Gasteiger partial charge in [0, 0.05) is 12.3 Å². The van der Waals surface area contributed by atoms with Crippen LogP contribution in [0.4, 0.5) is 10.2 Å². The van der Waals surface area contributed by atoms with Crippen molar-refractivity contribution in [2.24, 2.45) is 0 Å². The normalized spacial score (nSPS) is 10.6. The van der Waals surface area contributed by atoms with E-state index in [4.69, 9.17) is 0 Å². The SMILES string of the molecule is Cc1ccnc(NC(=O)/C=C/c2ccc(F)cc2)c1. The fourth-order valence-corrected chi connectivity index (χ4v) is 1.52. The van der Waals surface area contributed by atoms with E-state index < -0.39 is 0 Å². The zero-order valence-electron chi connectivity index (χ0n) is 10.4. The number of carbonyl (C=O) groups is 1. The molecule has 0 spiro atoms. The van der Waals surface area contributed by atoms with E-state index in [1.54, 1.807) is 30.5 Å². The number of carbonyl (C=O) groups excluding carboxylic acids is 1. The van der Waals surface area contributed by atoms with E-state index in [0.29, 0.717) is 5.82 Å². The molecular weight excluding hydrogens is 243 g/mol. The Labute approximate surface area is 110 Å². The second kappa shape index (κ2) is 5.91. The zero-order valence-corrected chi connectivity index (χ0v) is 10.4. The van der Waals surface area contributed by atoms with Crippen molar-refractivity contribution in [3.05, 3.63) is 65.6 Å². The van der Waals surface area contributed by atoms with Gasteiger partial charge in [0.1, 0.15) is 11.6 Å². The lowest BCUT2D eigenvalue weighted by atomic mass is 10.2. The van der Waals surface area contributed by atoms with Crippen molar-refractivity contribution in [2.45, 2.75) is 6.92 Å². The summed E-state index contributed by atoms with van der Waals surface area (Å²) in [6.45, 7) is 1.92. The van der Waals surface area contributed by atoms with Crippen molar-refractivity contribution in [3.8, 4) is 0 Å². The lowest BCUT2D eigenvalue weighted by molar-refractivity contribution is -0.111. The van der Waals surface area contributed by atoms with Crippen LogP contribution in [-0.2, 0) is 4.79 Å². The lowest BCUT2D eigenvalue weighted by Gasteiger charge is -2.01. The molecule has 1 aromatic heterocycles. The molecular formula is C15H13FN2O. The van der Waals surface area contributed by atoms with Gasteiger partial charge in [0.25, 0.3) is 0 Å². The van der Waals surface area contributed by atoms with E-state index in [0.717, 1.165) is 11.1 Å². The number of rotatable bonds is 3. The molecule has 0 saturated heterocycles. The first-order valence-corrected chi connectivity index (χ1v) is 5.81. The molecule has 1 N–H and O–H groups in total. The number of nitrogens with zero attached hydrogens (tertiary/aromatic N) is 1. The van der Waals surface area contributed by atoms with Crippen molar-refractivity contribution >= 4 is 17.8 Å². The van der Waals surface area contributed by atoms with E-state index in [9.17, 15) is 9.18 Å². The minimum atomic E-state index is -0.300. The molecule has 19 heavy (non-hydrogen) atoms. The van der Waals surface area contributed by atoms with E-state index >= 15 is 0 Å². The molecule has 1 heterocycles. The largest absolute Gasteiger partial charge is 0.307 e. The number of hydrogen-bond acceptors (Lipinski definition) is 2. The number of anilines is 1. The van der Waals surface area contributed by atoms with Crippen LogP contribution in [-0.4, -0.2) is 10.9 Å². The molecule has 0 atom stereocenters. The molecule has 0 aliphatic carbocycles. The van der Waals surface area contributed by atoms with Gasteiger partial charge in [-0.2, -0.15) is 0 Å². The first-order valence-electron chi connectivity index (χ1n) is 5.81. The number of nitrogens with one attached hydrogen (secondary N) is 1. The number of amides is 1. The number of halogens is 1. The Balaban J connectivity index is 1.99. The molecule has 96 valence electrons. The molecule has 0 fully saturated rings. The predicted octanol–water partition coefficient (Wildman–Crippen LogP) is 3.18. The fourth-order valence-electron chi connectivity index (χ4n) is 1.52. The molecule has 3 nitrogen and oxygen atoms in total. The van der Waals surface area contributed by atoms with Gasteiger partial charge in [0.05, 0.1) is 0 Å². The van der Waals surface area contributed by atoms with Gasteiger partial charge in [-0.05, 0) is 48.4 Å². The zero-order chi connectivity index (χ0) is 13.7. The molecule has 0 aliphatic rings. The Morgan fingerprint density at radius 3 is 2.68 bits per heavy atom. The number of pyridine rings is 1. The van der Waals surface area contributed by atoms with Crippen LogP contribution < -0.4 is 5.32 Å². The van der Waals surface area contributed by atoms with E-state index in [-0.39, 0.29) is 11.7 Å². The third-order valence-electron chi connectivity index (χ3n) is 2.46. The van der Waals surface area contributed by atoms with E-state index in [1.165, 1.54) is 18.2 Å². The summed E-state index contributed by atoms with van der Waals surface area (Å²) in [6.07, 6.45) is 4.64. The third-order valence-corrected chi connectivity index (χ3v) is 2.46. The Bertz CT molecular complexity index is 606. The molecule has 0 bridgehead atoms. The van der Waals surface area contributed by atoms with Crippen LogP contribution in [0.15, 0.2) is 48.7 Å². The summed E-state index contributed by atoms with van der Waals surface area (Å²) in [5.41, 5.74) is 1.78. The number of benzene rings is 1. The molecule has 2 aromatic rings. The van der Waals surface area contributed by atoms with Crippen LogP contribution in [0.2, 0.25) is 0 Å². The highest BCUT2D eigenvalue weighted by Crippen LogP contribution is 2.07. The van der Waals surface area contributed by atoms with Crippen molar-refractivity contribution in [1.29, 1.82) is 0 Å². The summed E-state index contributed by atoms with van der Waals surface area (Å²) in [4.78, 5) is 15.7. The molecule has 1 aromatic carbocycles. The second-order valence-electron chi connectivity index (χ2n) is 4.09. The number of aromatic nitrogens is 1. The minimum Gasteiger partial charge on any atom is -0.307 e. The summed E-state index contributed by atoms with van der Waals surface area (Å²) in [6, 6.07) is 9.53. The summed E-state index contributed by atoms with van der Waals surface area (Å²) in [7, 11) is 0. The predicted molar refractivity (Wildman–Crippen MR) is 73.0 cm³/mol. The van der Waals surface area contributed by atoms with Gasteiger partial charge in [-0.1, -0.05) is 12.1 Å². The third kappa shape index (κ3) is 4.03. The average molecular weight is 256 g/mol. The lowest BCUT2D eigenvalue weighted by Crippen LogP contribution is -2.09. The monoisotopic (exact) mass is 256 g/mol. The van der Waals surface area contributed by atoms with Crippen LogP contribution in [0.3, 0.4) is 0 Å². The van der Waals surface area contributed by atoms with Gasteiger partial charge in [-0.15, -0.1) is 0 Å². The Kier molecular flexibility index (Phi) is 4.03. The van der Waals surface area contributed by atoms with Gasteiger partial charge in [-0.3, -0.25) is 4.79 Å². The van der Waals surface area contributed by atoms with Crippen LogP contribution >= 0.6 is 0 Å². The maximum atomic E-state index is 12.7.